The van der Waals surface area contributed by atoms with Gasteiger partial charge in [0.25, 0.3) is 0 Å². The fraction of sp³-hybridized carbons (Fsp3) is 1.00. The fourth-order valence-corrected chi connectivity index (χ4v) is 3.50. The van der Waals surface area contributed by atoms with E-state index in [0.717, 1.165) is 25.8 Å². The molecule has 0 bridgehead atoms. The maximum Gasteiger partial charge on any atom is 0.208 e. The normalized spacial score (nSPS) is 31.6. The molecule has 16 heavy (non-hydrogen) atoms. The first kappa shape index (κ1) is 12.3. The van der Waals surface area contributed by atoms with Crippen LogP contribution < -0.4 is 10.0 Å². The Morgan fingerprint density at radius 2 is 1.81 bits per heavy atom. The highest BCUT2D eigenvalue weighted by Crippen LogP contribution is 2.26. The van der Waals surface area contributed by atoms with Gasteiger partial charge in [0.15, 0.2) is 0 Å². The third kappa shape index (κ3) is 3.43. The van der Waals surface area contributed by atoms with Crippen molar-refractivity contribution in [1.82, 2.24) is 10.0 Å². The van der Waals surface area contributed by atoms with E-state index in [1.165, 1.54) is 25.5 Å². The van der Waals surface area contributed by atoms with Gasteiger partial charge in [0.05, 0.1) is 6.26 Å². The Balaban J connectivity index is 1.78. The number of nitrogens with one attached hydrogen (secondary N) is 2. The van der Waals surface area contributed by atoms with Gasteiger partial charge in [-0.05, 0) is 38.1 Å². The third-order valence-electron chi connectivity index (χ3n) is 3.80. The molecule has 2 rings (SSSR count). The van der Waals surface area contributed by atoms with Gasteiger partial charge in [-0.1, -0.05) is 12.8 Å². The van der Waals surface area contributed by atoms with Gasteiger partial charge < -0.3 is 5.32 Å². The molecule has 2 aliphatic carbocycles. The van der Waals surface area contributed by atoms with Crippen LogP contribution in [0.1, 0.15) is 38.5 Å². The van der Waals surface area contributed by atoms with Crippen LogP contribution >= 0.6 is 0 Å². The average Bonchev–Trinajstić information content (AvgIpc) is 2.47. The van der Waals surface area contributed by atoms with Crippen LogP contribution in [0.4, 0.5) is 0 Å². The van der Waals surface area contributed by atoms with Crippen LogP contribution in [0.25, 0.3) is 0 Å². The molecule has 0 aromatic carbocycles. The van der Waals surface area contributed by atoms with Gasteiger partial charge in [0.1, 0.15) is 0 Å². The molecule has 2 N–H and O–H groups in total. The summed E-state index contributed by atoms with van der Waals surface area (Å²) in [5, 5.41) is 3.54. The van der Waals surface area contributed by atoms with Crippen molar-refractivity contribution in [2.75, 3.05) is 12.8 Å². The molecule has 0 amide bonds. The Morgan fingerprint density at radius 3 is 2.38 bits per heavy atom. The van der Waals surface area contributed by atoms with Crippen molar-refractivity contribution in [1.29, 1.82) is 0 Å². The summed E-state index contributed by atoms with van der Waals surface area (Å²) in [6, 6.07) is 0.849. The molecule has 4 nitrogen and oxygen atoms in total. The maximum atomic E-state index is 11.2. The minimum atomic E-state index is -3.05. The molecule has 0 aromatic heterocycles. The van der Waals surface area contributed by atoms with Crippen LogP contribution in [0.5, 0.6) is 0 Å². The van der Waals surface area contributed by atoms with Crippen LogP contribution in [0.15, 0.2) is 0 Å². The molecule has 0 aromatic rings. The van der Waals surface area contributed by atoms with Crippen molar-refractivity contribution < 1.29 is 8.42 Å². The summed E-state index contributed by atoms with van der Waals surface area (Å²) in [7, 11) is -3.05. The fourth-order valence-electron chi connectivity index (χ4n) is 2.64. The summed E-state index contributed by atoms with van der Waals surface area (Å²) in [4.78, 5) is 0. The predicted octanol–water partition coefficient (Wildman–Crippen LogP) is 0.846. The lowest BCUT2D eigenvalue weighted by Crippen LogP contribution is -2.44. The van der Waals surface area contributed by atoms with Crippen LogP contribution in [-0.4, -0.2) is 33.3 Å². The molecule has 5 heteroatoms. The minimum Gasteiger partial charge on any atom is -0.314 e. The summed E-state index contributed by atoms with van der Waals surface area (Å²) in [6.45, 7) is 0.970. The van der Waals surface area contributed by atoms with E-state index in [2.05, 4.69) is 10.0 Å². The van der Waals surface area contributed by atoms with E-state index >= 15 is 0 Å². The summed E-state index contributed by atoms with van der Waals surface area (Å²) in [6.07, 6.45) is 8.45. The second-order valence-electron chi connectivity index (χ2n) is 5.22. The van der Waals surface area contributed by atoms with E-state index in [1.54, 1.807) is 0 Å². The van der Waals surface area contributed by atoms with E-state index < -0.39 is 10.0 Å². The zero-order valence-electron chi connectivity index (χ0n) is 9.91. The van der Waals surface area contributed by atoms with Crippen LogP contribution in [0, 0.1) is 5.92 Å². The Labute approximate surface area is 98.2 Å². The molecular weight excluding hydrogens is 224 g/mol. The lowest BCUT2D eigenvalue weighted by Gasteiger charge is -2.29. The molecule has 0 heterocycles. The molecule has 0 radical (unpaired) electrons. The monoisotopic (exact) mass is 246 g/mol. The van der Waals surface area contributed by atoms with Crippen LogP contribution in [-0.2, 0) is 10.0 Å². The number of sulfonamides is 1. The molecule has 2 atom stereocenters. The topological polar surface area (TPSA) is 58.2 Å². The number of hydrogen-bond acceptors (Lipinski definition) is 3. The van der Waals surface area contributed by atoms with Crippen molar-refractivity contribution in [3.05, 3.63) is 0 Å². The molecule has 94 valence electrons. The van der Waals surface area contributed by atoms with Crippen molar-refractivity contribution in [3.8, 4) is 0 Å². The Hall–Kier alpha value is -0.130. The molecule has 0 spiro atoms. The van der Waals surface area contributed by atoms with Gasteiger partial charge in [-0.15, -0.1) is 0 Å². The molecule has 2 saturated carbocycles. The third-order valence-corrected chi connectivity index (χ3v) is 4.53. The van der Waals surface area contributed by atoms with Gasteiger partial charge >= 0.3 is 0 Å². The van der Waals surface area contributed by atoms with Crippen molar-refractivity contribution in [3.63, 3.8) is 0 Å². The number of rotatable bonds is 5. The van der Waals surface area contributed by atoms with Crippen LogP contribution in [0.3, 0.4) is 0 Å². The zero-order valence-corrected chi connectivity index (χ0v) is 10.7. The summed E-state index contributed by atoms with van der Waals surface area (Å²) < 4.78 is 25.2. The number of hydrogen-bond donors (Lipinski definition) is 2. The van der Waals surface area contributed by atoms with Gasteiger partial charge in [0, 0.05) is 12.1 Å². The van der Waals surface area contributed by atoms with E-state index in [0.29, 0.717) is 12.0 Å². The second kappa shape index (κ2) is 5.02. The Bertz CT molecular complexity index is 325. The average molecular weight is 246 g/mol. The van der Waals surface area contributed by atoms with Gasteiger partial charge in [0.2, 0.25) is 10.0 Å². The maximum absolute atomic E-state index is 11.2. The highest BCUT2D eigenvalue weighted by molar-refractivity contribution is 7.88. The van der Waals surface area contributed by atoms with Gasteiger partial charge in [-0.25, -0.2) is 13.1 Å². The predicted molar refractivity (Wildman–Crippen MR) is 64.8 cm³/mol. The molecule has 2 aliphatic rings. The highest BCUT2D eigenvalue weighted by atomic mass is 32.2. The van der Waals surface area contributed by atoms with Gasteiger partial charge in [-0.2, -0.15) is 0 Å². The molecule has 2 unspecified atom stereocenters. The minimum absolute atomic E-state index is 0.155. The highest BCUT2D eigenvalue weighted by Gasteiger charge is 2.30. The van der Waals surface area contributed by atoms with E-state index in [9.17, 15) is 8.42 Å². The SMILES string of the molecule is CS(=O)(=O)NC1CCCC1CNC1CCC1. The molecule has 0 saturated heterocycles. The van der Waals surface area contributed by atoms with Crippen LogP contribution in [0.2, 0.25) is 0 Å². The summed E-state index contributed by atoms with van der Waals surface area (Å²) in [5.41, 5.74) is 0. The summed E-state index contributed by atoms with van der Waals surface area (Å²) >= 11 is 0. The van der Waals surface area contributed by atoms with Gasteiger partial charge in [-0.3, -0.25) is 0 Å². The van der Waals surface area contributed by atoms with E-state index in [1.807, 2.05) is 0 Å². The quantitative estimate of drug-likeness (QED) is 0.756. The largest absolute Gasteiger partial charge is 0.314 e. The first-order valence-corrected chi connectivity index (χ1v) is 8.14. The molecule has 2 fully saturated rings. The van der Waals surface area contributed by atoms with E-state index in [4.69, 9.17) is 0 Å². The van der Waals surface area contributed by atoms with E-state index in [-0.39, 0.29) is 6.04 Å². The zero-order chi connectivity index (χ0) is 11.6. The lowest BCUT2D eigenvalue weighted by molar-refractivity contribution is 0.305. The lowest BCUT2D eigenvalue weighted by atomic mass is 9.92. The Kier molecular flexibility index (Phi) is 3.87. The Morgan fingerprint density at radius 1 is 1.12 bits per heavy atom. The van der Waals surface area contributed by atoms with Crippen molar-refractivity contribution >= 4 is 10.0 Å². The molecule has 0 aliphatic heterocycles. The summed E-state index contributed by atoms with van der Waals surface area (Å²) in [5.74, 6) is 0.482. The standard InChI is InChI=1S/C11H22N2O2S/c1-16(14,15)13-11-7-2-4-9(11)8-12-10-5-3-6-10/h9-13H,2-8H2,1H3. The van der Waals surface area contributed by atoms with Crippen molar-refractivity contribution in [2.45, 2.75) is 50.6 Å². The second-order valence-corrected chi connectivity index (χ2v) is 7.00. The first-order valence-electron chi connectivity index (χ1n) is 6.25. The smallest absolute Gasteiger partial charge is 0.208 e. The van der Waals surface area contributed by atoms with Crippen molar-refractivity contribution in [2.24, 2.45) is 5.92 Å². The molecular formula is C11H22N2O2S. The first-order chi connectivity index (χ1) is 7.54.